The first-order valence-electron chi connectivity index (χ1n) is 9.64. The maximum Gasteiger partial charge on any atom is 0.327 e. The molecule has 0 saturated heterocycles. The lowest BCUT2D eigenvalue weighted by Gasteiger charge is -2.28. The predicted octanol–water partition coefficient (Wildman–Crippen LogP) is 4.14. The summed E-state index contributed by atoms with van der Waals surface area (Å²) in [4.78, 5) is 36.3. The van der Waals surface area contributed by atoms with Crippen molar-refractivity contribution in [2.24, 2.45) is 11.8 Å². The minimum absolute atomic E-state index is 0.105. The van der Waals surface area contributed by atoms with Crippen molar-refractivity contribution in [3.05, 3.63) is 0 Å². The van der Waals surface area contributed by atoms with Crippen LogP contribution in [-0.4, -0.2) is 40.6 Å². The second-order valence-electron chi connectivity index (χ2n) is 7.82. The van der Waals surface area contributed by atoms with E-state index >= 15 is 0 Å². The molecule has 0 aromatic rings. The maximum absolute atomic E-state index is 12.3. The summed E-state index contributed by atoms with van der Waals surface area (Å²) in [6, 6.07) is 0. The lowest BCUT2D eigenvalue weighted by atomic mass is 9.82. The summed E-state index contributed by atoms with van der Waals surface area (Å²) in [5.41, 5.74) is 0. The van der Waals surface area contributed by atoms with Gasteiger partial charge in [-0.1, -0.05) is 45.3 Å². The van der Waals surface area contributed by atoms with E-state index in [1.807, 2.05) is 13.8 Å². The van der Waals surface area contributed by atoms with Crippen molar-refractivity contribution in [3.8, 4) is 0 Å². The van der Waals surface area contributed by atoms with Gasteiger partial charge in [0.2, 0.25) is 5.91 Å². The van der Waals surface area contributed by atoms with Crippen molar-refractivity contribution < 1.29 is 17.4 Å². The van der Waals surface area contributed by atoms with Gasteiger partial charge in [0.15, 0.2) is 34.7 Å². The monoisotopic (exact) mass is 527 g/mol. The van der Waals surface area contributed by atoms with Gasteiger partial charge in [-0.05, 0) is 31.6 Å². The van der Waals surface area contributed by atoms with E-state index in [4.69, 9.17) is 3.07 Å². The van der Waals surface area contributed by atoms with E-state index in [1.165, 1.54) is 23.4 Å². The molecule has 0 radical (unpaired) electrons. The Labute approximate surface area is 186 Å². The average Bonchev–Trinajstić information content (AvgIpc) is 2.62. The lowest BCUT2D eigenvalue weighted by Crippen LogP contribution is -2.35. The van der Waals surface area contributed by atoms with Crippen molar-refractivity contribution in [3.63, 3.8) is 0 Å². The first-order chi connectivity index (χ1) is 12.7. The van der Waals surface area contributed by atoms with Gasteiger partial charge in [0.05, 0.1) is 0 Å². The van der Waals surface area contributed by atoms with Gasteiger partial charge in [0, 0.05) is 24.1 Å². The molecule has 1 unspecified atom stereocenters. The number of amides is 1. The van der Waals surface area contributed by atoms with Crippen molar-refractivity contribution in [2.75, 3.05) is 6.54 Å². The Bertz CT molecular complexity index is 500. The Kier molecular flexibility index (Phi) is 12.4. The summed E-state index contributed by atoms with van der Waals surface area (Å²) in [5.74, 6) is 0.582. The van der Waals surface area contributed by atoms with Gasteiger partial charge in [-0.25, -0.2) is 0 Å². The standard InChI is InChI=1S/C18H31BINO4S2/c1-11(2)19-27-15(17(23)25-20)9-16(22)21-10-13-5-7-14(8-6-13)18(24)26-12(3)4/h11-15,19H,5-10H2,1-4H3,(H,21,22). The molecule has 27 heavy (non-hydrogen) atoms. The van der Waals surface area contributed by atoms with E-state index < -0.39 is 5.25 Å². The number of rotatable bonds is 10. The molecule has 1 fully saturated rings. The van der Waals surface area contributed by atoms with Crippen molar-refractivity contribution in [2.45, 2.75) is 76.1 Å². The zero-order chi connectivity index (χ0) is 20.4. The van der Waals surface area contributed by atoms with Crippen molar-refractivity contribution in [1.82, 2.24) is 5.32 Å². The summed E-state index contributed by atoms with van der Waals surface area (Å²) >= 11 is 4.50. The first kappa shape index (κ1) is 25.1. The highest BCUT2D eigenvalue weighted by Gasteiger charge is 2.28. The van der Waals surface area contributed by atoms with Crippen molar-refractivity contribution in [1.29, 1.82) is 0 Å². The molecule has 5 nitrogen and oxygen atoms in total. The van der Waals surface area contributed by atoms with E-state index in [0.717, 1.165) is 32.2 Å². The van der Waals surface area contributed by atoms with Crippen LogP contribution in [0.15, 0.2) is 0 Å². The number of carbonyl (C=O) groups excluding carboxylic acids is 3. The number of halogens is 1. The molecule has 1 atom stereocenters. The second kappa shape index (κ2) is 13.4. The van der Waals surface area contributed by atoms with Crippen LogP contribution in [0.4, 0.5) is 0 Å². The van der Waals surface area contributed by atoms with Gasteiger partial charge < -0.3 is 8.38 Å². The maximum atomic E-state index is 12.3. The number of nitrogens with one attached hydrogen (secondary N) is 1. The minimum atomic E-state index is -0.453. The zero-order valence-corrected chi connectivity index (χ0v) is 20.5. The largest absolute Gasteiger partial charge is 0.394 e. The smallest absolute Gasteiger partial charge is 0.327 e. The zero-order valence-electron chi connectivity index (χ0n) is 16.7. The number of hydrogen-bond donors (Lipinski definition) is 1. The van der Waals surface area contributed by atoms with Crippen LogP contribution in [0.1, 0.15) is 59.8 Å². The highest BCUT2D eigenvalue weighted by atomic mass is 127. The van der Waals surface area contributed by atoms with Gasteiger partial charge in [-0.15, -0.1) is 0 Å². The third-order valence-corrected chi connectivity index (χ3v) is 7.55. The normalized spacial score (nSPS) is 21.0. The van der Waals surface area contributed by atoms with Crippen LogP contribution in [0, 0.1) is 11.8 Å². The average molecular weight is 527 g/mol. The lowest BCUT2D eigenvalue weighted by molar-refractivity contribution is -0.133. The van der Waals surface area contributed by atoms with Crippen LogP contribution in [0.5, 0.6) is 0 Å². The van der Waals surface area contributed by atoms with Crippen LogP contribution in [0.2, 0.25) is 5.82 Å². The topological polar surface area (TPSA) is 72.5 Å². The molecular formula is C18H31BINO4S2. The molecule has 1 N–H and O–H groups in total. The molecule has 0 aromatic heterocycles. The molecule has 1 aliphatic carbocycles. The van der Waals surface area contributed by atoms with E-state index in [0.29, 0.717) is 28.6 Å². The van der Waals surface area contributed by atoms with Crippen LogP contribution < -0.4 is 5.32 Å². The van der Waals surface area contributed by atoms with Crippen LogP contribution in [-0.2, 0) is 17.4 Å². The molecule has 0 spiro atoms. The Balaban J connectivity index is 2.35. The quantitative estimate of drug-likeness (QED) is 0.340. The minimum Gasteiger partial charge on any atom is -0.394 e. The Morgan fingerprint density at radius 3 is 2.30 bits per heavy atom. The summed E-state index contributed by atoms with van der Waals surface area (Å²) < 4.78 is 4.80. The van der Waals surface area contributed by atoms with Crippen LogP contribution >= 0.6 is 46.4 Å². The SMILES string of the molecule is CC(C)BSC(CC(=O)NCC1CCC(C(=O)SC(C)C)CC1)C(=O)OI. The highest BCUT2D eigenvalue weighted by Crippen LogP contribution is 2.32. The molecule has 1 saturated carbocycles. The fourth-order valence-corrected chi connectivity index (χ4v) is 5.44. The summed E-state index contributed by atoms with van der Waals surface area (Å²) in [7, 11) is 0. The number of carbonyl (C=O) groups is 3. The molecule has 0 heterocycles. The molecular weight excluding hydrogens is 496 g/mol. The summed E-state index contributed by atoms with van der Waals surface area (Å²) in [6.07, 6.45) is 3.91. The Morgan fingerprint density at radius 1 is 1.15 bits per heavy atom. The van der Waals surface area contributed by atoms with E-state index in [9.17, 15) is 14.4 Å². The van der Waals surface area contributed by atoms with E-state index in [2.05, 4.69) is 19.2 Å². The predicted molar refractivity (Wildman–Crippen MR) is 125 cm³/mol. The molecule has 9 heteroatoms. The molecule has 0 aliphatic heterocycles. The molecule has 1 amide bonds. The molecule has 154 valence electrons. The van der Waals surface area contributed by atoms with E-state index in [-0.39, 0.29) is 24.2 Å². The highest BCUT2D eigenvalue weighted by molar-refractivity contribution is 14.1. The van der Waals surface area contributed by atoms with Gasteiger partial charge in [0.1, 0.15) is 5.25 Å². The van der Waals surface area contributed by atoms with E-state index in [1.54, 1.807) is 23.0 Å². The van der Waals surface area contributed by atoms with Gasteiger partial charge in [-0.3, -0.25) is 14.4 Å². The van der Waals surface area contributed by atoms with Gasteiger partial charge in [0.25, 0.3) is 0 Å². The fraction of sp³-hybridized carbons (Fsp3) is 0.833. The Hall–Kier alpha value is 0.105. The van der Waals surface area contributed by atoms with Gasteiger partial charge in [-0.2, -0.15) is 11.6 Å². The van der Waals surface area contributed by atoms with Gasteiger partial charge >= 0.3 is 5.97 Å². The Morgan fingerprint density at radius 2 is 1.78 bits per heavy atom. The summed E-state index contributed by atoms with van der Waals surface area (Å²) in [5, 5.41) is 3.17. The van der Waals surface area contributed by atoms with Crippen molar-refractivity contribution >= 4 is 69.9 Å². The molecule has 0 bridgehead atoms. The molecule has 1 aliphatic rings. The fourth-order valence-electron chi connectivity index (χ4n) is 3.00. The third kappa shape index (κ3) is 10.4. The first-order valence-corrected chi connectivity index (χ1v) is 12.4. The third-order valence-electron chi connectivity index (χ3n) is 4.46. The molecule has 1 rings (SSSR count). The van der Waals surface area contributed by atoms with Crippen LogP contribution in [0.3, 0.4) is 0 Å². The molecule has 0 aromatic carbocycles. The number of hydrogen-bond acceptors (Lipinski definition) is 6. The number of thioether (sulfide) groups is 1. The van der Waals surface area contributed by atoms with Crippen LogP contribution in [0.25, 0.3) is 0 Å². The second-order valence-corrected chi connectivity index (χ2v) is 11.1. The summed E-state index contributed by atoms with van der Waals surface area (Å²) in [6.45, 7) is 9.70.